The second-order valence-corrected chi connectivity index (χ2v) is 10.3. The van der Waals surface area contributed by atoms with Crippen molar-refractivity contribution in [3.8, 4) is 5.75 Å². The zero-order valence-electron chi connectivity index (χ0n) is 21.4. The van der Waals surface area contributed by atoms with E-state index in [4.69, 9.17) is 26.4 Å². The third kappa shape index (κ3) is 5.56. The van der Waals surface area contributed by atoms with E-state index in [0.29, 0.717) is 33.1 Å². The molecule has 1 atom stereocenters. The summed E-state index contributed by atoms with van der Waals surface area (Å²) in [7, 11) is 1.61. The molecule has 0 saturated heterocycles. The van der Waals surface area contributed by atoms with Gasteiger partial charge in [-0.3, -0.25) is 4.79 Å². The van der Waals surface area contributed by atoms with Crippen molar-refractivity contribution in [2.45, 2.75) is 37.2 Å². The number of anilines is 2. The number of halogens is 1. The molecule has 1 aliphatic rings. The highest BCUT2D eigenvalue weighted by Crippen LogP contribution is 2.37. The number of amides is 1. The molecule has 9 heteroatoms. The molecular weight excluding hydrogens is 518 g/mol. The molecule has 2 N–H and O–H groups in total. The van der Waals surface area contributed by atoms with Crippen LogP contribution in [-0.4, -0.2) is 27.8 Å². The number of hydrogen-bond acceptors (Lipinski definition) is 6. The summed E-state index contributed by atoms with van der Waals surface area (Å²) in [5.41, 5.74) is 5.31. The van der Waals surface area contributed by atoms with Crippen molar-refractivity contribution in [3.05, 3.63) is 106 Å². The molecule has 0 fully saturated rings. The maximum absolute atomic E-state index is 13.7. The first-order chi connectivity index (χ1) is 18.4. The van der Waals surface area contributed by atoms with Crippen molar-refractivity contribution < 1.29 is 9.53 Å². The molecule has 0 radical (unpaired) electrons. The van der Waals surface area contributed by atoms with Gasteiger partial charge in [0.1, 0.15) is 11.8 Å². The van der Waals surface area contributed by atoms with Gasteiger partial charge < -0.3 is 15.4 Å². The Labute approximate surface area is 231 Å². The molecular formula is C29H28ClN5O2S. The monoisotopic (exact) mass is 545 g/mol. The summed E-state index contributed by atoms with van der Waals surface area (Å²) < 4.78 is 7.04. The number of nitrogens with one attached hydrogen (secondary N) is 2. The van der Waals surface area contributed by atoms with Gasteiger partial charge in [0.15, 0.2) is 0 Å². The molecule has 38 heavy (non-hydrogen) atoms. The highest BCUT2D eigenvalue weighted by atomic mass is 35.5. The predicted octanol–water partition coefficient (Wildman–Crippen LogP) is 6.72. The number of nitrogens with zero attached hydrogens (tertiary/aromatic N) is 3. The molecule has 2 heterocycles. The number of aromatic nitrogens is 3. The van der Waals surface area contributed by atoms with Crippen molar-refractivity contribution in [2.75, 3.05) is 17.7 Å². The number of carbonyl (C=O) groups is 1. The van der Waals surface area contributed by atoms with E-state index in [2.05, 4.69) is 41.8 Å². The molecule has 0 aliphatic carbocycles. The van der Waals surface area contributed by atoms with Gasteiger partial charge in [-0.2, -0.15) is 4.98 Å². The Morgan fingerprint density at radius 1 is 1.05 bits per heavy atom. The minimum atomic E-state index is -0.437. The fraction of sp³-hybridized carbons (Fsp3) is 0.207. The van der Waals surface area contributed by atoms with Crippen molar-refractivity contribution in [2.24, 2.45) is 0 Å². The van der Waals surface area contributed by atoms with Crippen LogP contribution in [0.1, 0.15) is 36.6 Å². The molecule has 3 aromatic carbocycles. The number of rotatable bonds is 8. The third-order valence-electron chi connectivity index (χ3n) is 6.41. The Balaban J connectivity index is 1.46. The van der Waals surface area contributed by atoms with E-state index in [-0.39, 0.29) is 5.91 Å². The number of thioether (sulfide) groups is 1. The van der Waals surface area contributed by atoms with Crippen LogP contribution in [0.25, 0.3) is 0 Å². The van der Waals surface area contributed by atoms with Gasteiger partial charge in [0.2, 0.25) is 11.1 Å². The minimum Gasteiger partial charge on any atom is -0.497 e. The third-order valence-corrected chi connectivity index (χ3v) is 7.57. The lowest BCUT2D eigenvalue weighted by Crippen LogP contribution is -2.31. The lowest BCUT2D eigenvalue weighted by Gasteiger charge is -2.28. The summed E-state index contributed by atoms with van der Waals surface area (Å²) in [6.45, 7) is 4.02. The minimum absolute atomic E-state index is 0.207. The van der Waals surface area contributed by atoms with Crippen LogP contribution in [0.4, 0.5) is 11.6 Å². The SMILES string of the molecule is CCc1ccc(C2C(C(=O)Nc3ccc(OC)cc3)=C(C)Nc3nc(SCc4ccc(Cl)cc4)nn32)cc1. The van der Waals surface area contributed by atoms with E-state index in [1.807, 2.05) is 55.5 Å². The molecule has 7 nitrogen and oxygen atoms in total. The molecule has 1 unspecified atom stereocenters. The number of fused-ring (bicyclic) bond motifs is 1. The van der Waals surface area contributed by atoms with Gasteiger partial charge in [-0.15, -0.1) is 5.10 Å². The standard InChI is InChI=1S/C29H28ClN5O2S/c1-4-19-5-9-21(10-6-19)26-25(27(36)32-23-13-15-24(37-3)16-14-23)18(2)31-28-33-29(34-35(26)28)38-17-20-7-11-22(30)12-8-20/h5-16,26H,4,17H2,1-3H3,(H,32,36)(H,31,33,34). The van der Waals surface area contributed by atoms with E-state index in [9.17, 15) is 4.79 Å². The average molecular weight is 546 g/mol. The van der Waals surface area contributed by atoms with E-state index in [0.717, 1.165) is 29.0 Å². The topological polar surface area (TPSA) is 81.1 Å². The normalized spacial score (nSPS) is 14.6. The Hall–Kier alpha value is -3.75. The average Bonchev–Trinajstić information content (AvgIpc) is 3.34. The smallest absolute Gasteiger partial charge is 0.255 e. The molecule has 0 spiro atoms. The number of aryl methyl sites for hydroxylation is 1. The Morgan fingerprint density at radius 2 is 1.74 bits per heavy atom. The predicted molar refractivity (Wildman–Crippen MR) is 153 cm³/mol. The van der Waals surface area contributed by atoms with Gasteiger partial charge in [0.25, 0.3) is 5.91 Å². The van der Waals surface area contributed by atoms with Gasteiger partial charge in [-0.1, -0.05) is 66.7 Å². The van der Waals surface area contributed by atoms with Crippen LogP contribution in [0.15, 0.2) is 89.2 Å². The van der Waals surface area contributed by atoms with Crippen molar-refractivity contribution in [1.82, 2.24) is 14.8 Å². The fourth-order valence-electron chi connectivity index (χ4n) is 4.33. The maximum atomic E-state index is 13.7. The molecule has 194 valence electrons. The van der Waals surface area contributed by atoms with Crippen LogP contribution >= 0.6 is 23.4 Å². The molecule has 4 aromatic rings. The van der Waals surface area contributed by atoms with E-state index in [1.54, 1.807) is 11.8 Å². The second kappa shape index (κ2) is 11.3. The number of hydrogen-bond donors (Lipinski definition) is 2. The Bertz CT molecular complexity index is 1460. The number of methoxy groups -OCH3 is 1. The van der Waals surface area contributed by atoms with Gasteiger partial charge in [-0.25, -0.2) is 4.68 Å². The van der Waals surface area contributed by atoms with E-state index < -0.39 is 6.04 Å². The molecule has 1 aromatic heterocycles. The highest BCUT2D eigenvalue weighted by molar-refractivity contribution is 7.98. The van der Waals surface area contributed by atoms with Gasteiger partial charge in [0.05, 0.1) is 12.7 Å². The van der Waals surface area contributed by atoms with E-state index >= 15 is 0 Å². The van der Waals surface area contributed by atoms with Crippen LogP contribution in [-0.2, 0) is 17.0 Å². The number of carbonyl (C=O) groups excluding carboxylic acids is 1. The maximum Gasteiger partial charge on any atom is 0.255 e. The molecule has 1 aliphatic heterocycles. The first kappa shape index (κ1) is 25.9. The Kier molecular flexibility index (Phi) is 7.72. The molecule has 0 saturated carbocycles. The molecule has 1 amide bonds. The summed E-state index contributed by atoms with van der Waals surface area (Å²) >= 11 is 7.56. The lowest BCUT2D eigenvalue weighted by molar-refractivity contribution is -0.113. The van der Waals surface area contributed by atoms with E-state index in [1.165, 1.54) is 17.3 Å². The number of allylic oxidation sites excluding steroid dienone is 1. The zero-order valence-corrected chi connectivity index (χ0v) is 22.9. The quantitative estimate of drug-likeness (QED) is 0.239. The Morgan fingerprint density at radius 3 is 2.39 bits per heavy atom. The number of ether oxygens (including phenoxy) is 1. The summed E-state index contributed by atoms with van der Waals surface area (Å²) in [6.07, 6.45) is 0.937. The summed E-state index contributed by atoms with van der Waals surface area (Å²) in [5.74, 6) is 1.82. The second-order valence-electron chi connectivity index (χ2n) is 8.92. The van der Waals surface area contributed by atoms with Crippen molar-refractivity contribution in [3.63, 3.8) is 0 Å². The molecule has 5 rings (SSSR count). The van der Waals surface area contributed by atoms with Crippen molar-refractivity contribution in [1.29, 1.82) is 0 Å². The summed E-state index contributed by atoms with van der Waals surface area (Å²) in [6, 6.07) is 22.9. The highest BCUT2D eigenvalue weighted by Gasteiger charge is 2.34. The van der Waals surface area contributed by atoms with Crippen LogP contribution in [0, 0.1) is 0 Å². The van der Waals surface area contributed by atoms with Crippen LogP contribution in [0.3, 0.4) is 0 Å². The lowest BCUT2D eigenvalue weighted by atomic mass is 9.94. The number of benzene rings is 3. The molecule has 0 bridgehead atoms. The van der Waals surface area contributed by atoms with Gasteiger partial charge in [-0.05, 0) is 66.4 Å². The first-order valence-corrected chi connectivity index (χ1v) is 13.7. The van der Waals surface area contributed by atoms with Gasteiger partial charge in [0, 0.05) is 22.2 Å². The van der Waals surface area contributed by atoms with Crippen LogP contribution in [0.2, 0.25) is 5.02 Å². The first-order valence-electron chi connectivity index (χ1n) is 12.3. The van der Waals surface area contributed by atoms with Crippen LogP contribution < -0.4 is 15.4 Å². The van der Waals surface area contributed by atoms with Gasteiger partial charge >= 0.3 is 0 Å². The largest absolute Gasteiger partial charge is 0.497 e. The summed E-state index contributed by atoms with van der Waals surface area (Å²) in [4.78, 5) is 18.4. The summed E-state index contributed by atoms with van der Waals surface area (Å²) in [5, 5.41) is 12.5. The van der Waals surface area contributed by atoms with Crippen LogP contribution in [0.5, 0.6) is 5.75 Å². The zero-order chi connectivity index (χ0) is 26.6. The van der Waals surface area contributed by atoms with Crippen molar-refractivity contribution >= 4 is 40.9 Å². The fourth-order valence-corrected chi connectivity index (χ4v) is 5.24.